The Bertz CT molecular complexity index is 580. The summed E-state index contributed by atoms with van der Waals surface area (Å²) >= 11 is 0. The van der Waals surface area contributed by atoms with Crippen LogP contribution in [0.1, 0.15) is 38.8 Å². The van der Waals surface area contributed by atoms with Crippen LogP contribution in [-0.2, 0) is 0 Å². The zero-order chi connectivity index (χ0) is 17.9. The quantitative estimate of drug-likeness (QED) is 0.537. The molecule has 0 amide bonds. The molecule has 0 bridgehead atoms. The molecule has 1 aromatic rings. The summed E-state index contributed by atoms with van der Waals surface area (Å²) in [6.45, 7) is 13.5. The zero-order valence-corrected chi connectivity index (χ0v) is 15.8. The molecule has 24 heavy (non-hydrogen) atoms. The van der Waals surface area contributed by atoms with Crippen LogP contribution in [0.4, 0.5) is 0 Å². The molecule has 1 rings (SSSR count). The Morgan fingerprint density at radius 2 is 1.12 bits per heavy atom. The van der Waals surface area contributed by atoms with Crippen molar-refractivity contribution in [1.29, 1.82) is 0 Å². The summed E-state index contributed by atoms with van der Waals surface area (Å²) in [4.78, 5) is 0. The molecule has 2 nitrogen and oxygen atoms in total. The van der Waals surface area contributed by atoms with Gasteiger partial charge in [0.15, 0.2) is 0 Å². The van der Waals surface area contributed by atoms with Crippen LogP contribution in [-0.4, -0.2) is 13.2 Å². The molecule has 0 unspecified atom stereocenters. The maximum atomic E-state index is 5.83. The predicted molar refractivity (Wildman–Crippen MR) is 104 cm³/mol. The van der Waals surface area contributed by atoms with Crippen molar-refractivity contribution in [3.05, 3.63) is 70.9 Å². The molecular formula is C22H30O2. The minimum absolute atomic E-state index is 0.565. The lowest BCUT2D eigenvalue weighted by atomic mass is 10.1. The zero-order valence-electron chi connectivity index (χ0n) is 15.8. The van der Waals surface area contributed by atoms with E-state index >= 15 is 0 Å². The summed E-state index contributed by atoms with van der Waals surface area (Å²) in [5, 5.41) is 0. The van der Waals surface area contributed by atoms with E-state index in [0.29, 0.717) is 13.2 Å². The number of hydrogen-bond donors (Lipinski definition) is 0. The van der Waals surface area contributed by atoms with Crippen LogP contribution in [0.2, 0.25) is 0 Å². The molecule has 0 saturated heterocycles. The molecule has 0 heterocycles. The monoisotopic (exact) mass is 326 g/mol. The van der Waals surface area contributed by atoms with Crippen LogP contribution < -0.4 is 9.47 Å². The third-order valence-corrected chi connectivity index (χ3v) is 3.27. The second-order valence-corrected chi connectivity index (χ2v) is 6.35. The Hall–Kier alpha value is -2.22. The van der Waals surface area contributed by atoms with Gasteiger partial charge in [-0.25, -0.2) is 0 Å². The molecule has 0 aromatic heterocycles. The Kier molecular flexibility index (Phi) is 8.70. The van der Waals surface area contributed by atoms with Gasteiger partial charge in [-0.15, -0.1) is 0 Å². The van der Waals surface area contributed by atoms with E-state index in [1.54, 1.807) is 0 Å². The molecule has 0 saturated carbocycles. The van der Waals surface area contributed by atoms with Gasteiger partial charge in [-0.1, -0.05) is 35.5 Å². The fourth-order valence-electron chi connectivity index (χ4n) is 1.98. The van der Waals surface area contributed by atoms with Crippen molar-refractivity contribution in [2.45, 2.75) is 41.5 Å². The normalized spacial score (nSPS) is 10.9. The van der Waals surface area contributed by atoms with Gasteiger partial charge in [0.05, 0.1) is 0 Å². The molecular weight excluding hydrogens is 296 g/mol. The standard InChI is InChI=1S/C22H30O2/c1-17(2)11-7-9-13-23-21-15-20(6)22(16-19(21)5)24-14-10-8-12-18(3)4/h7-12,15-16H,13-14H2,1-6H3. The Balaban J connectivity index is 2.62. The molecule has 0 spiro atoms. The van der Waals surface area contributed by atoms with Crippen LogP contribution >= 0.6 is 0 Å². The first-order valence-corrected chi connectivity index (χ1v) is 8.37. The molecule has 0 atom stereocenters. The summed E-state index contributed by atoms with van der Waals surface area (Å²) < 4.78 is 11.7. The largest absolute Gasteiger partial charge is 0.489 e. The van der Waals surface area contributed by atoms with Gasteiger partial charge >= 0.3 is 0 Å². The third kappa shape index (κ3) is 7.87. The minimum Gasteiger partial charge on any atom is -0.489 e. The fraction of sp³-hybridized carbons (Fsp3) is 0.364. The second-order valence-electron chi connectivity index (χ2n) is 6.35. The molecule has 0 radical (unpaired) electrons. The number of ether oxygens (including phenoxy) is 2. The first kappa shape index (κ1) is 19.8. The minimum atomic E-state index is 0.565. The van der Waals surface area contributed by atoms with Crippen molar-refractivity contribution in [2.24, 2.45) is 0 Å². The number of allylic oxidation sites excluding steroid dienone is 6. The first-order chi connectivity index (χ1) is 11.4. The van der Waals surface area contributed by atoms with Crippen LogP contribution in [0.15, 0.2) is 59.7 Å². The number of hydrogen-bond acceptors (Lipinski definition) is 2. The maximum absolute atomic E-state index is 5.83. The van der Waals surface area contributed by atoms with Gasteiger partial charge in [0.25, 0.3) is 0 Å². The fourth-order valence-corrected chi connectivity index (χ4v) is 1.98. The Morgan fingerprint density at radius 3 is 1.46 bits per heavy atom. The van der Waals surface area contributed by atoms with E-state index in [1.807, 2.05) is 50.3 Å². The SMILES string of the molecule is CC(C)=CC=CCOc1cc(C)c(OCC=CC=C(C)C)cc1C. The van der Waals surface area contributed by atoms with Crippen LogP contribution in [0, 0.1) is 13.8 Å². The molecule has 0 aliphatic carbocycles. The molecule has 0 N–H and O–H groups in total. The molecule has 0 fully saturated rings. The highest BCUT2D eigenvalue weighted by atomic mass is 16.5. The maximum Gasteiger partial charge on any atom is 0.123 e. The number of aryl methyl sites for hydroxylation is 2. The highest BCUT2D eigenvalue weighted by Gasteiger charge is 2.06. The van der Waals surface area contributed by atoms with Crippen molar-refractivity contribution in [1.82, 2.24) is 0 Å². The molecule has 2 heteroatoms. The average molecular weight is 326 g/mol. The van der Waals surface area contributed by atoms with Crippen molar-refractivity contribution < 1.29 is 9.47 Å². The van der Waals surface area contributed by atoms with Gasteiger partial charge in [0.1, 0.15) is 24.7 Å². The average Bonchev–Trinajstić information content (AvgIpc) is 2.50. The van der Waals surface area contributed by atoms with Crippen molar-refractivity contribution in [3.8, 4) is 11.5 Å². The van der Waals surface area contributed by atoms with E-state index in [0.717, 1.165) is 22.6 Å². The van der Waals surface area contributed by atoms with E-state index in [4.69, 9.17) is 9.47 Å². The van der Waals surface area contributed by atoms with Gasteiger partial charge in [-0.3, -0.25) is 0 Å². The van der Waals surface area contributed by atoms with Crippen LogP contribution in [0.5, 0.6) is 11.5 Å². The van der Waals surface area contributed by atoms with Gasteiger partial charge in [0, 0.05) is 0 Å². The summed E-state index contributed by atoms with van der Waals surface area (Å²) in [6, 6.07) is 4.08. The summed E-state index contributed by atoms with van der Waals surface area (Å²) in [5.41, 5.74) is 4.72. The second kappa shape index (κ2) is 10.5. The topological polar surface area (TPSA) is 18.5 Å². The predicted octanol–water partition coefficient (Wildman–Crippen LogP) is 6.11. The number of benzene rings is 1. The summed E-state index contributed by atoms with van der Waals surface area (Å²) in [6.07, 6.45) is 12.2. The molecule has 1 aromatic carbocycles. The summed E-state index contributed by atoms with van der Waals surface area (Å²) in [5.74, 6) is 1.81. The highest BCUT2D eigenvalue weighted by molar-refractivity contribution is 5.45. The Morgan fingerprint density at radius 1 is 0.750 bits per heavy atom. The van der Waals surface area contributed by atoms with Gasteiger partial charge in [0.2, 0.25) is 0 Å². The molecule has 0 aliphatic rings. The van der Waals surface area contributed by atoms with Gasteiger partial charge < -0.3 is 9.47 Å². The molecule has 130 valence electrons. The van der Waals surface area contributed by atoms with Crippen molar-refractivity contribution >= 4 is 0 Å². The highest BCUT2D eigenvalue weighted by Crippen LogP contribution is 2.28. The van der Waals surface area contributed by atoms with E-state index < -0.39 is 0 Å². The Labute approximate surface area is 147 Å². The van der Waals surface area contributed by atoms with E-state index in [-0.39, 0.29) is 0 Å². The summed E-state index contributed by atoms with van der Waals surface area (Å²) in [7, 11) is 0. The van der Waals surface area contributed by atoms with Crippen LogP contribution in [0.3, 0.4) is 0 Å². The lowest BCUT2D eigenvalue weighted by Gasteiger charge is -2.13. The lowest BCUT2D eigenvalue weighted by molar-refractivity contribution is 0.348. The third-order valence-electron chi connectivity index (χ3n) is 3.27. The van der Waals surface area contributed by atoms with Gasteiger partial charge in [-0.2, -0.15) is 0 Å². The first-order valence-electron chi connectivity index (χ1n) is 8.37. The smallest absolute Gasteiger partial charge is 0.123 e. The van der Waals surface area contributed by atoms with Crippen molar-refractivity contribution in [2.75, 3.05) is 13.2 Å². The van der Waals surface area contributed by atoms with E-state index in [1.165, 1.54) is 11.1 Å². The van der Waals surface area contributed by atoms with Gasteiger partial charge in [-0.05, 0) is 77.0 Å². The number of rotatable bonds is 8. The lowest BCUT2D eigenvalue weighted by Crippen LogP contribution is -2.00. The van der Waals surface area contributed by atoms with Crippen molar-refractivity contribution in [3.63, 3.8) is 0 Å². The van der Waals surface area contributed by atoms with E-state index in [2.05, 4.69) is 39.8 Å². The van der Waals surface area contributed by atoms with E-state index in [9.17, 15) is 0 Å². The van der Waals surface area contributed by atoms with Crippen LogP contribution in [0.25, 0.3) is 0 Å². The molecule has 0 aliphatic heterocycles.